The number of hydrogen-bond donors (Lipinski definition) is 2. The van der Waals surface area contributed by atoms with Crippen molar-refractivity contribution in [3.63, 3.8) is 0 Å². The summed E-state index contributed by atoms with van der Waals surface area (Å²) in [5.41, 5.74) is 0.186. The van der Waals surface area contributed by atoms with Gasteiger partial charge < -0.3 is 38.8 Å². The second kappa shape index (κ2) is 28.2. The van der Waals surface area contributed by atoms with Gasteiger partial charge in [-0.15, -0.1) is 0 Å². The van der Waals surface area contributed by atoms with Crippen LogP contribution in [0.15, 0.2) is 47.5 Å². The molecule has 58 heavy (non-hydrogen) atoms. The molecule has 0 atom stereocenters. The van der Waals surface area contributed by atoms with E-state index in [4.69, 9.17) is 33.5 Å². The molecule has 0 aliphatic rings. The first-order valence-corrected chi connectivity index (χ1v) is 21.3. The van der Waals surface area contributed by atoms with E-state index in [0.717, 1.165) is 12.8 Å². The number of rotatable bonds is 33. The van der Waals surface area contributed by atoms with Gasteiger partial charge in [0.2, 0.25) is 5.91 Å². The first kappa shape index (κ1) is 49.9. The highest BCUT2D eigenvalue weighted by atomic mass is 32.2. The number of ketones is 2. The zero-order chi connectivity index (χ0) is 42.7. The van der Waals surface area contributed by atoms with Gasteiger partial charge in [0.05, 0.1) is 56.0 Å². The Bertz CT molecular complexity index is 1640. The van der Waals surface area contributed by atoms with Gasteiger partial charge >= 0.3 is 11.9 Å². The van der Waals surface area contributed by atoms with Crippen LogP contribution in [-0.2, 0) is 58.5 Å². The Morgan fingerprint density at radius 3 is 1.98 bits per heavy atom. The third kappa shape index (κ3) is 24.5. The fourth-order valence-corrected chi connectivity index (χ4v) is 6.42. The Morgan fingerprint density at radius 1 is 0.690 bits per heavy atom. The molecule has 2 aromatic rings. The zero-order valence-electron chi connectivity index (χ0n) is 34.0. The second-order valence-corrected chi connectivity index (χ2v) is 16.3. The van der Waals surface area contributed by atoms with E-state index in [1.807, 2.05) is 0 Å². The summed E-state index contributed by atoms with van der Waals surface area (Å²) in [6.07, 6.45) is 6.53. The zero-order valence-corrected chi connectivity index (χ0v) is 34.8. The summed E-state index contributed by atoms with van der Waals surface area (Å²) >= 11 is 0. The number of carbonyl (C=O) groups excluding carboxylic acids is 4. The minimum Gasteiger partial charge on any atom is -0.494 e. The minimum atomic E-state index is -3.69. The number of ether oxygens (including phenoxy) is 6. The third-order valence-electron chi connectivity index (χ3n) is 7.98. The van der Waals surface area contributed by atoms with Gasteiger partial charge in [-0.3, -0.25) is 24.2 Å². The van der Waals surface area contributed by atoms with Crippen molar-refractivity contribution in [1.29, 1.82) is 0 Å². The van der Waals surface area contributed by atoms with Crippen LogP contribution in [0.4, 0.5) is 0 Å². The first-order valence-electron chi connectivity index (χ1n) is 19.6. The average Bonchev–Trinajstić information content (AvgIpc) is 3.16. The van der Waals surface area contributed by atoms with Crippen molar-refractivity contribution < 1.29 is 65.9 Å². The number of aromatic nitrogens is 1. The average molecular weight is 837 g/mol. The van der Waals surface area contributed by atoms with Crippen molar-refractivity contribution in [2.45, 2.75) is 101 Å². The summed E-state index contributed by atoms with van der Waals surface area (Å²) in [6.45, 7) is 7.33. The molecule has 17 heteroatoms. The SMILES string of the molecule is CC(C)(C)OC(=O)CCCOc1ccc(S(=O)(=O)Cc2ccc(C(=O)CCCCCCC(=O)NCCOCCOCC(=O)CCCOCCOCC(=O)O)cn2)cc1. The van der Waals surface area contributed by atoms with Crippen LogP contribution in [0.1, 0.15) is 101 Å². The van der Waals surface area contributed by atoms with E-state index in [1.165, 1.54) is 18.3 Å². The Balaban J connectivity index is 1.49. The van der Waals surface area contributed by atoms with Crippen molar-refractivity contribution in [2.75, 3.05) is 66.0 Å². The molecule has 1 amide bonds. The van der Waals surface area contributed by atoms with Crippen molar-refractivity contribution in [1.82, 2.24) is 10.3 Å². The van der Waals surface area contributed by atoms with Crippen LogP contribution in [-0.4, -0.2) is 120 Å². The number of aliphatic carboxylic acids is 1. The highest BCUT2D eigenvalue weighted by molar-refractivity contribution is 7.90. The summed E-state index contributed by atoms with van der Waals surface area (Å²) in [5, 5.41) is 11.3. The van der Waals surface area contributed by atoms with Crippen molar-refractivity contribution >= 4 is 39.2 Å². The molecule has 0 aliphatic heterocycles. The lowest BCUT2D eigenvalue weighted by atomic mass is 10.0. The monoisotopic (exact) mass is 836 g/mol. The predicted molar refractivity (Wildman–Crippen MR) is 212 cm³/mol. The lowest BCUT2D eigenvalue weighted by Crippen LogP contribution is -2.27. The number of unbranched alkanes of at least 4 members (excludes halogenated alkanes) is 3. The first-order chi connectivity index (χ1) is 27.6. The Kier molecular flexibility index (Phi) is 24.2. The van der Waals surface area contributed by atoms with Gasteiger partial charge in [-0.1, -0.05) is 12.8 Å². The van der Waals surface area contributed by atoms with Crippen molar-refractivity contribution in [2.24, 2.45) is 0 Å². The fourth-order valence-electron chi connectivity index (χ4n) is 5.14. The largest absolute Gasteiger partial charge is 0.494 e. The number of benzene rings is 1. The molecule has 0 aliphatic carbocycles. The van der Waals surface area contributed by atoms with Crippen LogP contribution in [0.3, 0.4) is 0 Å². The van der Waals surface area contributed by atoms with Crippen LogP contribution >= 0.6 is 0 Å². The van der Waals surface area contributed by atoms with Crippen LogP contribution < -0.4 is 10.1 Å². The summed E-state index contributed by atoms with van der Waals surface area (Å²) in [7, 11) is -3.69. The number of sulfone groups is 1. The number of hydrogen-bond acceptors (Lipinski definition) is 14. The van der Waals surface area contributed by atoms with Crippen LogP contribution in [0, 0.1) is 0 Å². The predicted octanol–water partition coefficient (Wildman–Crippen LogP) is 4.70. The topological polar surface area (TPSA) is 220 Å². The summed E-state index contributed by atoms with van der Waals surface area (Å²) in [4.78, 5) is 63.1. The number of amides is 1. The van der Waals surface area contributed by atoms with Gasteiger partial charge in [-0.2, -0.15) is 0 Å². The Morgan fingerprint density at radius 2 is 1.33 bits per heavy atom. The maximum atomic E-state index is 13.0. The number of carboxylic acid groups (broad SMARTS) is 1. The Hall–Kier alpha value is -4.29. The number of pyridine rings is 1. The molecule has 0 saturated heterocycles. The number of esters is 1. The van der Waals surface area contributed by atoms with E-state index in [0.29, 0.717) is 88.3 Å². The van der Waals surface area contributed by atoms with Gasteiger partial charge in [-0.05, 0) is 82.9 Å². The smallest absolute Gasteiger partial charge is 0.329 e. The standard InChI is InChI=1S/C41H60N2O14S/c1-41(2,3)57-40(49)13-9-22-56-35-16-18-36(19-17-35)58(50,51)31-33-15-14-32(28-43-33)37(45)11-6-4-5-7-12-38(46)42-20-23-53-25-26-54-29-34(44)10-8-21-52-24-27-55-30-39(47)48/h14-19,28H,4-13,20-27,29-31H2,1-3H3,(H,42,46)(H,47,48). The minimum absolute atomic E-state index is 0.0206. The summed E-state index contributed by atoms with van der Waals surface area (Å²) in [5.74, 6) is -1.40. The molecular weight excluding hydrogens is 777 g/mol. The molecule has 0 radical (unpaired) electrons. The van der Waals surface area contributed by atoms with E-state index < -0.39 is 21.4 Å². The molecule has 324 valence electrons. The molecule has 16 nitrogen and oxygen atoms in total. The number of nitrogens with one attached hydrogen (secondary N) is 1. The number of carboxylic acids is 1. The second-order valence-electron chi connectivity index (χ2n) is 14.4. The Labute approximate surface area is 341 Å². The maximum absolute atomic E-state index is 13.0. The van der Waals surface area contributed by atoms with E-state index in [-0.39, 0.29) is 80.2 Å². The quantitative estimate of drug-likeness (QED) is 0.0566. The fraction of sp³-hybridized carbons (Fsp3) is 0.610. The van der Waals surface area contributed by atoms with Gasteiger partial charge in [0.1, 0.15) is 24.6 Å². The molecule has 1 aromatic heterocycles. The van der Waals surface area contributed by atoms with Crippen LogP contribution in [0.5, 0.6) is 5.75 Å². The summed E-state index contributed by atoms with van der Waals surface area (Å²) in [6, 6.07) is 9.19. The third-order valence-corrected chi connectivity index (χ3v) is 9.65. The van der Waals surface area contributed by atoms with E-state index >= 15 is 0 Å². The summed E-state index contributed by atoms with van der Waals surface area (Å²) < 4.78 is 57.7. The molecule has 0 spiro atoms. The molecule has 0 saturated carbocycles. The van der Waals surface area contributed by atoms with Gasteiger partial charge in [0.15, 0.2) is 21.4 Å². The number of carbonyl (C=O) groups is 5. The molecule has 0 fully saturated rings. The van der Waals surface area contributed by atoms with E-state index in [1.54, 1.807) is 45.0 Å². The van der Waals surface area contributed by atoms with Gasteiger partial charge in [0, 0.05) is 50.6 Å². The highest BCUT2D eigenvalue weighted by Crippen LogP contribution is 2.20. The molecule has 1 aromatic carbocycles. The molecule has 0 unspecified atom stereocenters. The molecule has 1 heterocycles. The number of nitrogens with zero attached hydrogens (tertiary/aromatic N) is 1. The van der Waals surface area contributed by atoms with Gasteiger partial charge in [-0.25, -0.2) is 13.2 Å². The van der Waals surface area contributed by atoms with Crippen molar-refractivity contribution in [3.8, 4) is 5.75 Å². The lowest BCUT2D eigenvalue weighted by molar-refractivity contribution is -0.155. The normalized spacial score (nSPS) is 11.6. The van der Waals surface area contributed by atoms with E-state index in [9.17, 15) is 32.4 Å². The van der Waals surface area contributed by atoms with Crippen LogP contribution in [0.25, 0.3) is 0 Å². The maximum Gasteiger partial charge on any atom is 0.329 e. The molecule has 0 bridgehead atoms. The van der Waals surface area contributed by atoms with Gasteiger partial charge in [0.25, 0.3) is 0 Å². The molecular formula is C41H60N2O14S. The molecule has 2 rings (SSSR count). The highest BCUT2D eigenvalue weighted by Gasteiger charge is 2.18. The van der Waals surface area contributed by atoms with Crippen LogP contribution in [0.2, 0.25) is 0 Å². The van der Waals surface area contributed by atoms with Crippen molar-refractivity contribution in [3.05, 3.63) is 53.9 Å². The number of Topliss-reactive ketones (excluding diaryl/α,β-unsaturated/α-hetero) is 2. The lowest BCUT2D eigenvalue weighted by Gasteiger charge is -2.19. The molecule has 2 N–H and O–H groups in total. The van der Waals surface area contributed by atoms with E-state index in [2.05, 4.69) is 10.3 Å².